The molecule has 24 heavy (non-hydrogen) atoms. The fraction of sp³-hybridized carbons (Fsp3) is 0.444. The second-order valence-electron chi connectivity index (χ2n) is 6.11. The van der Waals surface area contributed by atoms with Gasteiger partial charge in [-0.25, -0.2) is 0 Å². The van der Waals surface area contributed by atoms with E-state index in [1.807, 2.05) is 32.2 Å². The quantitative estimate of drug-likeness (QED) is 0.802. The number of carbonyl (C=O) groups excluding carboxylic acids is 1. The fourth-order valence-corrected chi connectivity index (χ4v) is 2.47. The van der Waals surface area contributed by atoms with E-state index in [4.69, 9.17) is 9.63 Å². The highest BCUT2D eigenvalue weighted by Crippen LogP contribution is 2.12. The monoisotopic (exact) mass is 331 g/mol. The summed E-state index contributed by atoms with van der Waals surface area (Å²) in [7, 11) is 3.70. The molecule has 0 aliphatic heterocycles. The smallest absolute Gasteiger partial charge is 0.276 e. The van der Waals surface area contributed by atoms with Gasteiger partial charge in [0.2, 0.25) is 0 Å². The summed E-state index contributed by atoms with van der Waals surface area (Å²) in [5.74, 6) is 0.455. The van der Waals surface area contributed by atoms with Gasteiger partial charge in [-0.05, 0) is 26.0 Å². The van der Waals surface area contributed by atoms with E-state index in [-0.39, 0.29) is 18.6 Å². The molecule has 0 spiro atoms. The number of carbonyl (C=O) groups is 1. The van der Waals surface area contributed by atoms with Gasteiger partial charge in [-0.15, -0.1) is 0 Å². The van der Waals surface area contributed by atoms with Crippen molar-refractivity contribution in [3.05, 3.63) is 53.4 Å². The van der Waals surface area contributed by atoms with Crippen molar-refractivity contribution < 1.29 is 14.4 Å². The minimum absolute atomic E-state index is 0.0487. The van der Waals surface area contributed by atoms with E-state index in [9.17, 15) is 4.79 Å². The number of benzene rings is 1. The maximum Gasteiger partial charge on any atom is 0.276 e. The predicted molar refractivity (Wildman–Crippen MR) is 91.4 cm³/mol. The van der Waals surface area contributed by atoms with Crippen LogP contribution >= 0.6 is 0 Å². The number of nitrogens with zero attached hydrogens (tertiary/aromatic N) is 3. The Labute approximate surface area is 142 Å². The number of rotatable bonds is 8. The molecule has 1 N–H and O–H groups in total. The van der Waals surface area contributed by atoms with Crippen LogP contribution in [0.2, 0.25) is 0 Å². The zero-order chi connectivity index (χ0) is 17.5. The van der Waals surface area contributed by atoms with Crippen LogP contribution in [0.3, 0.4) is 0 Å². The van der Waals surface area contributed by atoms with Crippen LogP contribution in [-0.4, -0.2) is 52.7 Å². The van der Waals surface area contributed by atoms with Gasteiger partial charge >= 0.3 is 0 Å². The van der Waals surface area contributed by atoms with Crippen LogP contribution in [0.1, 0.15) is 35.2 Å². The van der Waals surface area contributed by atoms with Gasteiger partial charge in [-0.2, -0.15) is 0 Å². The van der Waals surface area contributed by atoms with Crippen molar-refractivity contribution in [1.29, 1.82) is 0 Å². The number of hydrogen-bond acceptors (Lipinski definition) is 5. The largest absolute Gasteiger partial charge is 0.396 e. The lowest BCUT2D eigenvalue weighted by Gasteiger charge is -2.23. The molecule has 6 nitrogen and oxygen atoms in total. The molecule has 1 aromatic carbocycles. The summed E-state index contributed by atoms with van der Waals surface area (Å²) in [5.41, 5.74) is 1.51. The molecular formula is C18H25N3O3. The van der Waals surface area contributed by atoms with Crippen LogP contribution in [0.5, 0.6) is 0 Å². The van der Waals surface area contributed by atoms with Crippen LogP contribution in [0.25, 0.3) is 0 Å². The molecule has 1 amide bonds. The standard InChI is InChI=1S/C18H25N3O3/c1-14(9-10-22)21(3)18(23)17-11-16(24-19-17)13-20(2)12-15-7-5-4-6-8-15/h4-8,11,14,22H,9-10,12-13H2,1-3H3/t14-/m0/s1. The molecule has 6 heteroatoms. The minimum atomic E-state index is -0.198. The second kappa shape index (κ2) is 8.61. The van der Waals surface area contributed by atoms with Gasteiger partial charge < -0.3 is 14.5 Å². The molecule has 0 unspecified atom stereocenters. The third kappa shape index (κ3) is 4.91. The number of amides is 1. The zero-order valence-electron chi connectivity index (χ0n) is 14.5. The molecule has 0 aliphatic rings. The molecule has 1 heterocycles. The zero-order valence-corrected chi connectivity index (χ0v) is 14.5. The maximum absolute atomic E-state index is 12.4. The van der Waals surface area contributed by atoms with Crippen molar-refractivity contribution in [2.75, 3.05) is 20.7 Å². The Morgan fingerprint density at radius 3 is 2.62 bits per heavy atom. The van der Waals surface area contributed by atoms with Gasteiger partial charge in [0.1, 0.15) is 0 Å². The molecule has 0 saturated carbocycles. The number of aliphatic hydroxyl groups excluding tert-OH is 1. The first-order valence-corrected chi connectivity index (χ1v) is 8.07. The third-order valence-electron chi connectivity index (χ3n) is 4.03. The molecule has 0 bridgehead atoms. The Bertz CT molecular complexity index is 642. The van der Waals surface area contributed by atoms with Gasteiger partial charge in [-0.3, -0.25) is 9.69 Å². The fourth-order valence-electron chi connectivity index (χ4n) is 2.47. The molecule has 0 saturated heterocycles. The molecular weight excluding hydrogens is 306 g/mol. The summed E-state index contributed by atoms with van der Waals surface area (Å²) in [6.45, 7) is 3.30. The van der Waals surface area contributed by atoms with Crippen LogP contribution in [0.4, 0.5) is 0 Å². The first-order valence-electron chi connectivity index (χ1n) is 8.07. The van der Waals surface area contributed by atoms with Gasteiger partial charge in [0.25, 0.3) is 5.91 Å². The molecule has 0 fully saturated rings. The van der Waals surface area contributed by atoms with Crippen molar-refractivity contribution >= 4 is 5.91 Å². The highest BCUT2D eigenvalue weighted by atomic mass is 16.5. The van der Waals surface area contributed by atoms with Gasteiger partial charge in [0.05, 0.1) is 6.54 Å². The third-order valence-corrected chi connectivity index (χ3v) is 4.03. The van der Waals surface area contributed by atoms with E-state index >= 15 is 0 Å². The Morgan fingerprint density at radius 2 is 1.96 bits per heavy atom. The highest BCUT2D eigenvalue weighted by molar-refractivity contribution is 5.92. The first kappa shape index (κ1) is 18.2. The van der Waals surface area contributed by atoms with Crippen molar-refractivity contribution in [2.24, 2.45) is 0 Å². The van der Waals surface area contributed by atoms with Gasteiger partial charge in [-0.1, -0.05) is 35.5 Å². The van der Waals surface area contributed by atoms with Crippen molar-refractivity contribution in [2.45, 2.75) is 32.5 Å². The summed E-state index contributed by atoms with van der Waals surface area (Å²) < 4.78 is 5.30. The van der Waals surface area contributed by atoms with E-state index in [1.54, 1.807) is 18.0 Å². The summed E-state index contributed by atoms with van der Waals surface area (Å²) in [6.07, 6.45) is 0.534. The lowest BCUT2D eigenvalue weighted by atomic mass is 10.2. The van der Waals surface area contributed by atoms with Crippen LogP contribution < -0.4 is 0 Å². The van der Waals surface area contributed by atoms with Crippen LogP contribution in [0.15, 0.2) is 40.9 Å². The Balaban J connectivity index is 1.93. The Kier molecular flexibility index (Phi) is 6.52. The van der Waals surface area contributed by atoms with E-state index < -0.39 is 0 Å². The molecule has 0 aliphatic carbocycles. The molecule has 1 atom stereocenters. The lowest BCUT2D eigenvalue weighted by Crippen LogP contribution is -2.35. The normalized spacial score (nSPS) is 12.4. The maximum atomic E-state index is 12.4. The van der Waals surface area contributed by atoms with Gasteiger partial charge in [0.15, 0.2) is 11.5 Å². The summed E-state index contributed by atoms with van der Waals surface area (Å²) in [4.78, 5) is 16.0. The summed E-state index contributed by atoms with van der Waals surface area (Å²) in [5, 5.41) is 12.9. The van der Waals surface area contributed by atoms with Crippen molar-refractivity contribution in [1.82, 2.24) is 15.0 Å². The molecule has 130 valence electrons. The van der Waals surface area contributed by atoms with Crippen LogP contribution in [-0.2, 0) is 13.1 Å². The molecule has 2 rings (SSSR count). The first-order chi connectivity index (χ1) is 11.5. The van der Waals surface area contributed by atoms with E-state index in [0.29, 0.717) is 24.4 Å². The summed E-state index contributed by atoms with van der Waals surface area (Å²) in [6, 6.07) is 11.8. The SMILES string of the molecule is C[C@@H](CCO)N(C)C(=O)c1cc(CN(C)Cc2ccccc2)on1. The Morgan fingerprint density at radius 1 is 1.25 bits per heavy atom. The van der Waals surface area contributed by atoms with Crippen LogP contribution in [0, 0.1) is 0 Å². The predicted octanol–water partition coefficient (Wildman–Crippen LogP) is 2.15. The topological polar surface area (TPSA) is 69.8 Å². The molecule has 2 aromatic rings. The minimum Gasteiger partial charge on any atom is -0.396 e. The molecule has 1 aromatic heterocycles. The second-order valence-corrected chi connectivity index (χ2v) is 6.11. The van der Waals surface area contributed by atoms with Crippen molar-refractivity contribution in [3.8, 4) is 0 Å². The number of hydrogen-bond donors (Lipinski definition) is 1. The number of aliphatic hydroxyl groups is 1. The highest BCUT2D eigenvalue weighted by Gasteiger charge is 2.21. The Hall–Kier alpha value is -2.18. The average Bonchev–Trinajstić information content (AvgIpc) is 3.02. The summed E-state index contributed by atoms with van der Waals surface area (Å²) >= 11 is 0. The van der Waals surface area contributed by atoms with E-state index in [0.717, 1.165) is 6.54 Å². The molecule has 0 radical (unpaired) electrons. The van der Waals surface area contributed by atoms with Crippen molar-refractivity contribution in [3.63, 3.8) is 0 Å². The van der Waals surface area contributed by atoms with Gasteiger partial charge in [0, 0.05) is 32.3 Å². The average molecular weight is 331 g/mol. The number of aromatic nitrogens is 1. The van der Waals surface area contributed by atoms with E-state index in [1.165, 1.54) is 5.56 Å². The lowest BCUT2D eigenvalue weighted by molar-refractivity contribution is 0.0712. The van der Waals surface area contributed by atoms with E-state index in [2.05, 4.69) is 22.2 Å².